The lowest BCUT2D eigenvalue weighted by Gasteiger charge is -2.21. The molecule has 2 aromatic rings. The van der Waals surface area contributed by atoms with Crippen LogP contribution in [-0.2, 0) is 11.2 Å². The predicted molar refractivity (Wildman–Crippen MR) is 96.0 cm³/mol. The standard InChI is InChI=1S/C20H23NO3/c1-20(2,14-15-10-12-17(23-3)13-11-15)21-19(24-4)18(22)16-8-6-5-7-9-16/h5-13H,14H2,1-4H3. The van der Waals surface area contributed by atoms with E-state index in [1.165, 1.54) is 7.11 Å². The Kier molecular flexibility index (Phi) is 5.74. The molecule has 0 aliphatic carbocycles. The third kappa shape index (κ3) is 4.69. The molecule has 4 nitrogen and oxygen atoms in total. The Hall–Kier alpha value is -2.62. The van der Waals surface area contributed by atoms with Gasteiger partial charge in [0.1, 0.15) is 5.75 Å². The summed E-state index contributed by atoms with van der Waals surface area (Å²) >= 11 is 0. The molecule has 0 spiro atoms. The number of Topliss-reactive ketones (excluding diaryl/α,β-unsaturated/α-hetero) is 1. The first kappa shape index (κ1) is 17.7. The molecule has 0 radical (unpaired) electrons. The first-order chi connectivity index (χ1) is 11.4. The van der Waals surface area contributed by atoms with E-state index in [2.05, 4.69) is 4.99 Å². The van der Waals surface area contributed by atoms with Crippen LogP contribution >= 0.6 is 0 Å². The van der Waals surface area contributed by atoms with E-state index in [9.17, 15) is 4.79 Å². The number of hydrogen-bond acceptors (Lipinski definition) is 4. The number of carbonyl (C=O) groups is 1. The van der Waals surface area contributed by atoms with Crippen molar-refractivity contribution in [3.8, 4) is 5.75 Å². The Morgan fingerprint density at radius 3 is 2.17 bits per heavy atom. The number of aliphatic imine (C=N–C) groups is 1. The number of ether oxygens (including phenoxy) is 2. The van der Waals surface area contributed by atoms with E-state index in [1.807, 2.05) is 56.3 Å². The Labute approximate surface area is 143 Å². The second kappa shape index (κ2) is 7.77. The van der Waals surface area contributed by atoms with Crippen LogP contribution < -0.4 is 4.74 Å². The Balaban J connectivity index is 2.19. The molecule has 0 N–H and O–H groups in total. The van der Waals surface area contributed by atoms with Crippen molar-refractivity contribution in [2.24, 2.45) is 4.99 Å². The lowest BCUT2D eigenvalue weighted by Crippen LogP contribution is -2.27. The second-order valence-electron chi connectivity index (χ2n) is 6.15. The zero-order valence-electron chi connectivity index (χ0n) is 14.6. The maximum atomic E-state index is 12.5. The van der Waals surface area contributed by atoms with Gasteiger partial charge in [-0.1, -0.05) is 42.5 Å². The van der Waals surface area contributed by atoms with E-state index < -0.39 is 5.54 Å². The molecule has 4 heteroatoms. The molecule has 0 heterocycles. The minimum atomic E-state index is -0.468. The van der Waals surface area contributed by atoms with Gasteiger partial charge in [0.05, 0.1) is 19.8 Å². The minimum Gasteiger partial charge on any atom is -0.497 e. The summed E-state index contributed by atoms with van der Waals surface area (Å²) in [5, 5.41) is 0. The predicted octanol–water partition coefficient (Wildman–Crippen LogP) is 3.94. The number of methoxy groups -OCH3 is 2. The molecule has 0 saturated carbocycles. The maximum Gasteiger partial charge on any atom is 0.258 e. The molecule has 0 unspecified atom stereocenters. The topological polar surface area (TPSA) is 47.9 Å². The largest absolute Gasteiger partial charge is 0.497 e. The Morgan fingerprint density at radius 2 is 1.62 bits per heavy atom. The van der Waals surface area contributed by atoms with Crippen molar-refractivity contribution in [1.29, 1.82) is 0 Å². The van der Waals surface area contributed by atoms with Gasteiger partial charge in [-0.3, -0.25) is 4.79 Å². The van der Waals surface area contributed by atoms with E-state index in [0.717, 1.165) is 11.3 Å². The fourth-order valence-electron chi connectivity index (χ4n) is 2.46. The first-order valence-electron chi connectivity index (χ1n) is 7.82. The molecule has 0 aliphatic rings. The minimum absolute atomic E-state index is 0.125. The third-order valence-electron chi connectivity index (χ3n) is 3.62. The fraction of sp³-hybridized carbons (Fsp3) is 0.300. The van der Waals surface area contributed by atoms with Gasteiger partial charge in [-0.05, 0) is 38.0 Å². The van der Waals surface area contributed by atoms with Crippen LogP contribution in [0.1, 0.15) is 29.8 Å². The number of benzene rings is 2. The number of nitrogens with zero attached hydrogens (tertiary/aromatic N) is 1. The molecule has 0 aliphatic heterocycles. The number of rotatable bonds is 6. The van der Waals surface area contributed by atoms with Gasteiger partial charge in [-0.25, -0.2) is 4.99 Å². The molecule has 2 rings (SSSR count). The van der Waals surface area contributed by atoms with Gasteiger partial charge in [0.2, 0.25) is 5.78 Å². The Bertz CT molecular complexity index is 703. The summed E-state index contributed by atoms with van der Waals surface area (Å²) in [6.07, 6.45) is 0.686. The summed E-state index contributed by atoms with van der Waals surface area (Å²) in [6, 6.07) is 16.9. The molecule has 2 aromatic carbocycles. The van der Waals surface area contributed by atoms with Crippen LogP contribution in [0.2, 0.25) is 0 Å². The smallest absolute Gasteiger partial charge is 0.258 e. The molecule has 0 amide bonds. The van der Waals surface area contributed by atoms with Crippen LogP contribution in [0.4, 0.5) is 0 Å². The highest BCUT2D eigenvalue weighted by molar-refractivity contribution is 6.42. The van der Waals surface area contributed by atoms with Crippen molar-refractivity contribution in [3.63, 3.8) is 0 Å². The molecule has 0 aromatic heterocycles. The third-order valence-corrected chi connectivity index (χ3v) is 3.62. The Morgan fingerprint density at radius 1 is 1.00 bits per heavy atom. The van der Waals surface area contributed by atoms with Crippen molar-refractivity contribution in [3.05, 3.63) is 65.7 Å². The van der Waals surface area contributed by atoms with Crippen LogP contribution in [0.15, 0.2) is 59.6 Å². The normalized spacial score (nSPS) is 11.9. The number of ketones is 1. The van der Waals surface area contributed by atoms with Gasteiger partial charge in [-0.15, -0.1) is 0 Å². The molecule has 0 atom stereocenters. The number of carbonyl (C=O) groups excluding carboxylic acids is 1. The van der Waals surface area contributed by atoms with Crippen molar-refractivity contribution >= 4 is 11.7 Å². The van der Waals surface area contributed by atoms with Crippen LogP contribution in [0, 0.1) is 0 Å². The van der Waals surface area contributed by atoms with E-state index in [1.54, 1.807) is 19.2 Å². The molecule has 24 heavy (non-hydrogen) atoms. The highest BCUT2D eigenvalue weighted by Gasteiger charge is 2.23. The summed E-state index contributed by atoms with van der Waals surface area (Å²) in [5.41, 5.74) is 1.22. The van der Waals surface area contributed by atoms with E-state index in [0.29, 0.717) is 12.0 Å². The molecule has 0 saturated heterocycles. The van der Waals surface area contributed by atoms with Gasteiger partial charge >= 0.3 is 0 Å². The van der Waals surface area contributed by atoms with E-state index in [4.69, 9.17) is 9.47 Å². The molecular formula is C20H23NO3. The van der Waals surface area contributed by atoms with Crippen molar-refractivity contribution in [1.82, 2.24) is 0 Å². The monoisotopic (exact) mass is 325 g/mol. The molecule has 0 bridgehead atoms. The average Bonchev–Trinajstić information content (AvgIpc) is 2.60. The average molecular weight is 325 g/mol. The second-order valence-corrected chi connectivity index (χ2v) is 6.15. The van der Waals surface area contributed by atoms with Crippen molar-refractivity contribution in [2.75, 3.05) is 14.2 Å². The van der Waals surface area contributed by atoms with Gasteiger partial charge in [0.25, 0.3) is 5.90 Å². The maximum absolute atomic E-state index is 12.5. The van der Waals surface area contributed by atoms with Gasteiger partial charge in [0, 0.05) is 5.56 Å². The SMILES string of the molecule is COC(=NC(C)(C)Cc1ccc(OC)cc1)C(=O)c1ccccc1. The van der Waals surface area contributed by atoms with Gasteiger partial charge in [-0.2, -0.15) is 0 Å². The van der Waals surface area contributed by atoms with E-state index in [-0.39, 0.29) is 11.7 Å². The summed E-state index contributed by atoms with van der Waals surface area (Å²) in [7, 11) is 3.12. The lowest BCUT2D eigenvalue weighted by molar-refractivity contribution is 0.103. The summed E-state index contributed by atoms with van der Waals surface area (Å²) in [6.45, 7) is 3.96. The summed E-state index contributed by atoms with van der Waals surface area (Å²) in [4.78, 5) is 17.1. The zero-order chi connectivity index (χ0) is 17.6. The van der Waals surface area contributed by atoms with Crippen molar-refractivity contribution < 1.29 is 14.3 Å². The van der Waals surface area contributed by atoms with Crippen LogP contribution in [0.25, 0.3) is 0 Å². The number of hydrogen-bond donors (Lipinski definition) is 0. The highest BCUT2D eigenvalue weighted by Crippen LogP contribution is 2.20. The zero-order valence-corrected chi connectivity index (χ0v) is 14.6. The summed E-state index contributed by atoms with van der Waals surface area (Å²) in [5.74, 6) is 0.734. The van der Waals surface area contributed by atoms with Crippen LogP contribution in [-0.4, -0.2) is 31.4 Å². The highest BCUT2D eigenvalue weighted by atomic mass is 16.5. The molecular weight excluding hydrogens is 302 g/mol. The van der Waals surface area contributed by atoms with Gasteiger partial charge in [0.15, 0.2) is 0 Å². The molecule has 126 valence electrons. The van der Waals surface area contributed by atoms with Crippen LogP contribution in [0.3, 0.4) is 0 Å². The quantitative estimate of drug-likeness (QED) is 0.459. The summed E-state index contributed by atoms with van der Waals surface area (Å²) < 4.78 is 10.4. The first-order valence-corrected chi connectivity index (χ1v) is 7.82. The van der Waals surface area contributed by atoms with Gasteiger partial charge < -0.3 is 9.47 Å². The molecule has 0 fully saturated rings. The van der Waals surface area contributed by atoms with Crippen molar-refractivity contribution in [2.45, 2.75) is 25.8 Å². The van der Waals surface area contributed by atoms with E-state index >= 15 is 0 Å². The fourth-order valence-corrected chi connectivity index (χ4v) is 2.46. The lowest BCUT2D eigenvalue weighted by atomic mass is 9.95. The van der Waals surface area contributed by atoms with Crippen LogP contribution in [0.5, 0.6) is 5.75 Å².